The summed E-state index contributed by atoms with van der Waals surface area (Å²) in [5, 5.41) is 3.57. The molecule has 0 unspecified atom stereocenters. The van der Waals surface area contributed by atoms with Crippen molar-refractivity contribution in [1.29, 1.82) is 0 Å². The van der Waals surface area contributed by atoms with Crippen molar-refractivity contribution >= 4 is 52.1 Å². The third-order valence-corrected chi connectivity index (χ3v) is 5.65. The molecule has 4 N–H and O–H groups in total. The molecule has 11 heteroatoms. The molecule has 2 aromatic heterocycles. The molecular formula is C16H19N5O3S3. The van der Waals surface area contributed by atoms with E-state index >= 15 is 0 Å². The average Bonchev–Trinajstić information content (AvgIpc) is 2.86. The minimum absolute atomic E-state index is 0.175. The summed E-state index contributed by atoms with van der Waals surface area (Å²) in [5.74, 6) is -0.300. The number of rotatable bonds is 9. The van der Waals surface area contributed by atoms with E-state index in [9.17, 15) is 14.4 Å². The third kappa shape index (κ3) is 5.88. The van der Waals surface area contributed by atoms with Crippen molar-refractivity contribution in [3.05, 3.63) is 44.4 Å². The van der Waals surface area contributed by atoms with Gasteiger partial charge in [0.2, 0.25) is 5.91 Å². The first-order valence-corrected chi connectivity index (χ1v) is 10.2. The Balaban J connectivity index is 1.93. The highest BCUT2D eigenvalue weighted by molar-refractivity contribution is 7.99. The Morgan fingerprint density at radius 1 is 1.56 bits per heavy atom. The summed E-state index contributed by atoms with van der Waals surface area (Å²) in [6.45, 7) is 5.70. The molecule has 2 rings (SSSR count). The molecule has 0 saturated carbocycles. The lowest BCUT2D eigenvalue weighted by Gasteiger charge is -2.07. The standard InChI is InChI=1S/C16H19N5O3S3/c1-3-6-21-12(13(17)24)14(27-16(21)25)19-10(22)5-4-7-26-15-18-9(2)8-11(23)20-15/h3,8H,1,4-7H2,2H3,(H2,17,24)(H,19,22)(H,18,20,23). The fraction of sp³-hybridized carbons (Fsp3) is 0.312. The van der Waals surface area contributed by atoms with E-state index in [0.717, 1.165) is 11.3 Å². The lowest BCUT2D eigenvalue weighted by molar-refractivity contribution is -0.116. The Morgan fingerprint density at radius 3 is 2.93 bits per heavy atom. The second kappa shape index (κ2) is 9.62. The topological polar surface area (TPSA) is 123 Å². The van der Waals surface area contributed by atoms with E-state index in [1.807, 2.05) is 0 Å². The third-order valence-electron chi connectivity index (χ3n) is 3.33. The van der Waals surface area contributed by atoms with Gasteiger partial charge in [0, 0.05) is 30.5 Å². The molecule has 0 spiro atoms. The zero-order valence-electron chi connectivity index (χ0n) is 14.6. The molecule has 2 amide bonds. The van der Waals surface area contributed by atoms with Crippen molar-refractivity contribution in [3.8, 4) is 0 Å². The normalized spacial score (nSPS) is 10.6. The molecule has 0 fully saturated rings. The lowest BCUT2D eigenvalue weighted by Crippen LogP contribution is -2.20. The average molecular weight is 426 g/mol. The van der Waals surface area contributed by atoms with Gasteiger partial charge in [0.15, 0.2) is 9.11 Å². The van der Waals surface area contributed by atoms with Gasteiger partial charge < -0.3 is 20.6 Å². The van der Waals surface area contributed by atoms with E-state index in [2.05, 4.69) is 21.9 Å². The van der Waals surface area contributed by atoms with Gasteiger partial charge >= 0.3 is 0 Å². The van der Waals surface area contributed by atoms with Gasteiger partial charge in [-0.15, -0.1) is 6.58 Å². The summed E-state index contributed by atoms with van der Waals surface area (Å²) in [6, 6.07) is 1.42. The summed E-state index contributed by atoms with van der Waals surface area (Å²) in [7, 11) is 0. The van der Waals surface area contributed by atoms with Crippen LogP contribution >= 0.6 is 35.3 Å². The number of H-pyrrole nitrogens is 1. The summed E-state index contributed by atoms with van der Waals surface area (Å²) in [6.07, 6.45) is 2.41. The number of nitrogens with two attached hydrogens (primary N) is 1. The number of nitrogens with one attached hydrogen (secondary N) is 2. The Bertz CT molecular complexity index is 976. The summed E-state index contributed by atoms with van der Waals surface area (Å²) in [4.78, 5) is 42.2. The molecule has 0 atom stereocenters. The highest BCUT2D eigenvalue weighted by atomic mass is 32.2. The zero-order chi connectivity index (χ0) is 20.0. The second-order valence-electron chi connectivity index (χ2n) is 5.50. The summed E-state index contributed by atoms with van der Waals surface area (Å²) >= 11 is 7.70. The van der Waals surface area contributed by atoms with Crippen LogP contribution in [-0.2, 0) is 11.3 Å². The first kappa shape index (κ1) is 21.1. The molecule has 144 valence electrons. The monoisotopic (exact) mass is 425 g/mol. The van der Waals surface area contributed by atoms with Crippen molar-refractivity contribution in [2.24, 2.45) is 5.73 Å². The molecule has 2 heterocycles. The summed E-state index contributed by atoms with van der Waals surface area (Å²) in [5.41, 5.74) is 6.04. The van der Waals surface area contributed by atoms with Crippen LogP contribution in [0.15, 0.2) is 28.7 Å². The molecule has 0 saturated heterocycles. The van der Waals surface area contributed by atoms with E-state index in [4.69, 9.17) is 18.0 Å². The van der Waals surface area contributed by atoms with Gasteiger partial charge in [-0.2, -0.15) is 0 Å². The number of aromatic nitrogens is 3. The first-order chi connectivity index (χ1) is 12.8. The van der Waals surface area contributed by atoms with Crippen LogP contribution in [0.4, 0.5) is 5.00 Å². The minimum Gasteiger partial charge on any atom is -0.364 e. The zero-order valence-corrected chi connectivity index (χ0v) is 17.1. The van der Waals surface area contributed by atoms with Gasteiger partial charge in [0.05, 0.1) is 0 Å². The molecule has 0 aliphatic carbocycles. The molecule has 27 heavy (non-hydrogen) atoms. The predicted octanol–water partition coefficient (Wildman–Crippen LogP) is 2.47. The maximum absolute atomic E-state index is 12.2. The van der Waals surface area contributed by atoms with Crippen LogP contribution in [0.25, 0.3) is 0 Å². The minimum atomic E-state index is -0.662. The highest BCUT2D eigenvalue weighted by Crippen LogP contribution is 2.26. The van der Waals surface area contributed by atoms with E-state index in [-0.39, 0.29) is 23.6 Å². The van der Waals surface area contributed by atoms with Crippen LogP contribution in [0.1, 0.15) is 29.0 Å². The van der Waals surface area contributed by atoms with Crippen LogP contribution < -0.4 is 16.6 Å². The van der Waals surface area contributed by atoms with E-state index in [1.165, 1.54) is 17.8 Å². The fourth-order valence-electron chi connectivity index (χ4n) is 2.24. The van der Waals surface area contributed by atoms with Crippen molar-refractivity contribution in [2.75, 3.05) is 11.1 Å². The number of thiazole rings is 1. The van der Waals surface area contributed by atoms with Crippen molar-refractivity contribution in [3.63, 3.8) is 0 Å². The number of aryl methyl sites for hydroxylation is 1. The van der Waals surface area contributed by atoms with E-state index in [1.54, 1.807) is 17.6 Å². The smallest absolute Gasteiger partial charge is 0.268 e. The number of carbonyl (C=O) groups is 2. The quantitative estimate of drug-likeness (QED) is 0.186. The van der Waals surface area contributed by atoms with Crippen LogP contribution in [0.5, 0.6) is 0 Å². The molecule has 0 aliphatic heterocycles. The number of carbonyl (C=O) groups excluding carboxylic acids is 2. The second-order valence-corrected chi connectivity index (χ2v) is 8.23. The number of amides is 2. The molecule has 0 radical (unpaired) electrons. The number of aromatic amines is 1. The summed E-state index contributed by atoms with van der Waals surface area (Å²) < 4.78 is 1.98. The lowest BCUT2D eigenvalue weighted by atomic mass is 10.3. The Labute approximate surface area is 168 Å². The van der Waals surface area contributed by atoms with Crippen LogP contribution in [0, 0.1) is 10.9 Å². The first-order valence-electron chi connectivity index (χ1n) is 7.96. The number of allylic oxidation sites excluding steroid dienone is 1. The van der Waals surface area contributed by atoms with Gasteiger partial charge in [-0.1, -0.05) is 29.2 Å². The maximum atomic E-state index is 12.2. The van der Waals surface area contributed by atoms with Crippen molar-refractivity contribution < 1.29 is 9.59 Å². The van der Waals surface area contributed by atoms with Crippen LogP contribution in [0.3, 0.4) is 0 Å². The maximum Gasteiger partial charge on any atom is 0.268 e. The largest absolute Gasteiger partial charge is 0.364 e. The molecule has 8 nitrogen and oxygen atoms in total. The highest BCUT2D eigenvalue weighted by Gasteiger charge is 2.19. The molecule has 0 aromatic carbocycles. The Morgan fingerprint density at radius 2 is 2.30 bits per heavy atom. The molecule has 2 aromatic rings. The SMILES string of the molecule is C=CCn1c(C(N)=O)c(NC(=O)CCCSc2nc(C)cc(=O)[nH]2)sc1=S. The number of anilines is 1. The van der Waals surface area contributed by atoms with Gasteiger partial charge in [-0.05, 0) is 25.6 Å². The van der Waals surface area contributed by atoms with Crippen LogP contribution in [0.2, 0.25) is 0 Å². The van der Waals surface area contributed by atoms with Crippen molar-refractivity contribution in [1.82, 2.24) is 14.5 Å². The van der Waals surface area contributed by atoms with Crippen LogP contribution in [-0.4, -0.2) is 32.1 Å². The van der Waals surface area contributed by atoms with Gasteiger partial charge in [0.25, 0.3) is 11.5 Å². The number of thioether (sulfide) groups is 1. The van der Waals surface area contributed by atoms with Gasteiger partial charge in [0.1, 0.15) is 10.7 Å². The molecule has 0 bridgehead atoms. The Hall–Kier alpha value is -2.24. The molecule has 0 aliphatic rings. The van der Waals surface area contributed by atoms with Crippen molar-refractivity contribution in [2.45, 2.75) is 31.5 Å². The fourth-order valence-corrected chi connectivity index (χ4v) is 4.44. The van der Waals surface area contributed by atoms with Gasteiger partial charge in [-0.3, -0.25) is 14.4 Å². The Kier molecular flexibility index (Phi) is 7.51. The van der Waals surface area contributed by atoms with Gasteiger partial charge in [-0.25, -0.2) is 4.98 Å². The number of primary amides is 1. The number of nitrogens with zero attached hydrogens (tertiary/aromatic N) is 2. The molecular weight excluding hydrogens is 406 g/mol. The van der Waals surface area contributed by atoms with E-state index < -0.39 is 5.91 Å². The number of hydrogen-bond donors (Lipinski definition) is 3. The predicted molar refractivity (Wildman–Crippen MR) is 110 cm³/mol. The van der Waals surface area contributed by atoms with E-state index in [0.29, 0.717) is 38.5 Å². The number of hydrogen-bond acceptors (Lipinski definition) is 7.